The van der Waals surface area contributed by atoms with Crippen LogP contribution in [0.3, 0.4) is 0 Å². The van der Waals surface area contributed by atoms with Gasteiger partial charge < -0.3 is 8.80 Å². The number of aromatic nitrogens is 4. The number of rotatable bonds is 6. The van der Waals surface area contributed by atoms with Crippen LogP contribution in [0.15, 0.2) is 243 Å². The first-order valence-electron chi connectivity index (χ1n) is 24.7. The highest BCUT2D eigenvalue weighted by Gasteiger charge is 2.31. The highest BCUT2D eigenvalue weighted by atomic mass is 15.0. The number of hydrogen-bond acceptors (Lipinski definition) is 2. The van der Waals surface area contributed by atoms with E-state index in [1.54, 1.807) is 0 Å². The minimum atomic E-state index is 0.862. The van der Waals surface area contributed by atoms with E-state index < -0.39 is 0 Å². The summed E-state index contributed by atoms with van der Waals surface area (Å²) in [7, 11) is 0. The normalized spacial score (nSPS) is 12.2. The summed E-state index contributed by atoms with van der Waals surface area (Å²) in [6.07, 6.45) is 0. The van der Waals surface area contributed by atoms with Gasteiger partial charge in [-0.25, -0.2) is 9.97 Å². The minimum absolute atomic E-state index is 0.862. The SMILES string of the molecule is c1ccc(-c2ccc3c(c2)c2cc(-c4ccccc4)cc4c5c6nc(-c7ccccc7)c(-c7ccccc7)nc6c6c7cc(-c8ccccc8)cc8c9cc(-c%10ccccc%10)ccc9n(c87)c6c5n3c24)cc1. The summed E-state index contributed by atoms with van der Waals surface area (Å²) in [5.41, 5.74) is 22.0. The fourth-order valence-corrected chi connectivity index (χ4v) is 12.1. The first-order valence-corrected chi connectivity index (χ1v) is 24.7. The van der Waals surface area contributed by atoms with Gasteiger partial charge in [-0.3, -0.25) is 0 Å². The van der Waals surface area contributed by atoms with Crippen molar-refractivity contribution in [3.05, 3.63) is 243 Å². The van der Waals surface area contributed by atoms with Crippen molar-refractivity contribution in [2.75, 3.05) is 0 Å². The Bertz CT molecular complexity index is 4490. The summed E-state index contributed by atoms with van der Waals surface area (Å²) in [4.78, 5) is 11.9. The number of hydrogen-bond donors (Lipinski definition) is 0. The summed E-state index contributed by atoms with van der Waals surface area (Å²) in [5.74, 6) is 0. The maximum Gasteiger partial charge on any atom is 0.100 e. The van der Waals surface area contributed by atoms with Crippen LogP contribution in [0.2, 0.25) is 0 Å². The van der Waals surface area contributed by atoms with Crippen LogP contribution in [-0.4, -0.2) is 18.8 Å². The van der Waals surface area contributed by atoms with Crippen molar-refractivity contribution >= 4 is 87.2 Å². The monoisotopic (exact) mass is 912 g/mol. The first kappa shape index (κ1) is 39.2. The molecule has 16 aromatic rings. The lowest BCUT2D eigenvalue weighted by Crippen LogP contribution is -1.98. The van der Waals surface area contributed by atoms with Gasteiger partial charge >= 0.3 is 0 Å². The molecule has 0 bridgehead atoms. The van der Waals surface area contributed by atoms with Gasteiger partial charge in [0.1, 0.15) is 11.0 Å². The third-order valence-electron chi connectivity index (χ3n) is 15.3. The highest BCUT2D eigenvalue weighted by molar-refractivity contribution is 6.40. The second kappa shape index (κ2) is 14.9. The Balaban J connectivity index is 1.18. The largest absolute Gasteiger partial charge is 0.306 e. The van der Waals surface area contributed by atoms with E-state index in [-0.39, 0.29) is 0 Å². The molecule has 0 saturated carbocycles. The molecule has 5 aromatic heterocycles. The molecule has 4 nitrogen and oxygen atoms in total. The van der Waals surface area contributed by atoms with Crippen molar-refractivity contribution in [2.24, 2.45) is 0 Å². The Labute approximate surface area is 413 Å². The smallest absolute Gasteiger partial charge is 0.100 e. The van der Waals surface area contributed by atoms with Crippen molar-refractivity contribution in [1.29, 1.82) is 0 Å². The zero-order chi connectivity index (χ0) is 47.0. The molecule has 332 valence electrons. The number of benzene rings is 11. The van der Waals surface area contributed by atoms with Gasteiger partial charge in [-0.1, -0.05) is 194 Å². The van der Waals surface area contributed by atoms with Crippen LogP contribution >= 0.6 is 0 Å². The Hall–Kier alpha value is -9.64. The topological polar surface area (TPSA) is 34.6 Å². The molecular formula is C68H40N4. The lowest BCUT2D eigenvalue weighted by molar-refractivity contribution is 1.30. The van der Waals surface area contributed by atoms with Crippen molar-refractivity contribution in [2.45, 2.75) is 0 Å². The van der Waals surface area contributed by atoms with E-state index in [2.05, 4.69) is 251 Å². The van der Waals surface area contributed by atoms with Crippen LogP contribution < -0.4 is 0 Å². The van der Waals surface area contributed by atoms with Crippen molar-refractivity contribution in [3.8, 4) is 67.0 Å². The second-order valence-corrected chi connectivity index (χ2v) is 19.2. The predicted octanol–water partition coefficient (Wildman–Crippen LogP) is 17.9. The van der Waals surface area contributed by atoms with E-state index in [1.807, 2.05) is 0 Å². The van der Waals surface area contributed by atoms with E-state index in [4.69, 9.17) is 9.97 Å². The number of nitrogens with zero attached hydrogens (tertiary/aromatic N) is 4. The molecule has 0 N–H and O–H groups in total. The van der Waals surface area contributed by atoms with Crippen LogP contribution in [0.1, 0.15) is 0 Å². The molecule has 0 fully saturated rings. The van der Waals surface area contributed by atoms with Gasteiger partial charge in [-0.15, -0.1) is 0 Å². The summed E-state index contributed by atoms with van der Waals surface area (Å²) >= 11 is 0. The fourth-order valence-electron chi connectivity index (χ4n) is 12.1. The molecule has 0 atom stereocenters. The van der Waals surface area contributed by atoms with E-state index in [1.165, 1.54) is 77.1 Å². The van der Waals surface area contributed by atoms with Crippen LogP contribution in [0.25, 0.3) is 154 Å². The van der Waals surface area contributed by atoms with E-state index in [9.17, 15) is 0 Å². The van der Waals surface area contributed by atoms with Crippen molar-refractivity contribution in [1.82, 2.24) is 18.8 Å². The van der Waals surface area contributed by atoms with Crippen LogP contribution in [0.4, 0.5) is 0 Å². The predicted molar refractivity (Wildman–Crippen MR) is 301 cm³/mol. The van der Waals surface area contributed by atoms with Crippen molar-refractivity contribution < 1.29 is 0 Å². The third kappa shape index (κ3) is 5.52. The summed E-state index contributed by atoms with van der Waals surface area (Å²) < 4.78 is 5.15. The molecule has 0 aliphatic rings. The average Bonchev–Trinajstić information content (AvgIpc) is 4.19. The molecule has 0 saturated heterocycles. The molecule has 0 aliphatic carbocycles. The van der Waals surface area contributed by atoms with Gasteiger partial charge in [0.25, 0.3) is 0 Å². The van der Waals surface area contributed by atoms with Gasteiger partial charge in [0, 0.05) is 54.2 Å². The van der Waals surface area contributed by atoms with Crippen LogP contribution in [0.5, 0.6) is 0 Å². The molecule has 5 heterocycles. The van der Waals surface area contributed by atoms with Crippen LogP contribution in [0, 0.1) is 0 Å². The van der Waals surface area contributed by atoms with Gasteiger partial charge in [-0.05, 0) is 93.0 Å². The minimum Gasteiger partial charge on any atom is -0.306 e. The molecule has 72 heavy (non-hydrogen) atoms. The molecule has 4 heteroatoms. The second-order valence-electron chi connectivity index (χ2n) is 19.2. The lowest BCUT2D eigenvalue weighted by Gasteiger charge is -2.14. The highest BCUT2D eigenvalue weighted by Crippen LogP contribution is 2.52. The van der Waals surface area contributed by atoms with E-state index in [0.717, 1.165) is 77.2 Å². The molecule has 0 aliphatic heterocycles. The number of fused-ring (bicyclic) bond motifs is 16. The lowest BCUT2D eigenvalue weighted by atomic mass is 9.95. The standard InChI is InChI=1S/C68H40N4/c1-7-19-41(20-8-1)47-31-33-57-51(35-47)53-37-49(43-23-11-3-12-24-43)39-55-59-63-64(70-62(46-29-17-6-18-30-46)61(69-63)45-27-15-5-16-28-45)60-56-40-50(44-25-13-4-14-26-44)38-54-52-36-48(42-21-9-2-10-22-42)32-34-58(52)72(66(54)56)68(60)67(59)71(57)65(53)55/h1-40H. The van der Waals surface area contributed by atoms with Gasteiger partial charge in [0.05, 0.1) is 44.5 Å². The maximum atomic E-state index is 5.97. The molecule has 16 rings (SSSR count). The molecule has 11 aromatic carbocycles. The molecule has 0 unspecified atom stereocenters. The quantitative estimate of drug-likeness (QED) is 0.167. The van der Waals surface area contributed by atoms with Crippen molar-refractivity contribution in [3.63, 3.8) is 0 Å². The maximum absolute atomic E-state index is 5.97. The Morgan fingerprint density at radius 2 is 0.514 bits per heavy atom. The molecule has 0 spiro atoms. The van der Waals surface area contributed by atoms with Crippen LogP contribution in [-0.2, 0) is 0 Å². The first-order chi connectivity index (χ1) is 35.7. The van der Waals surface area contributed by atoms with Gasteiger partial charge in [0.15, 0.2) is 0 Å². The zero-order valence-corrected chi connectivity index (χ0v) is 38.9. The fraction of sp³-hybridized carbons (Fsp3) is 0. The molecule has 0 amide bonds. The van der Waals surface area contributed by atoms with E-state index >= 15 is 0 Å². The average molecular weight is 913 g/mol. The summed E-state index contributed by atoms with van der Waals surface area (Å²) in [5, 5.41) is 9.39. The third-order valence-corrected chi connectivity index (χ3v) is 15.3. The Kier molecular flexibility index (Phi) is 8.14. The van der Waals surface area contributed by atoms with Gasteiger partial charge in [0.2, 0.25) is 0 Å². The Morgan fingerprint density at radius 3 is 0.861 bits per heavy atom. The summed E-state index contributed by atoms with van der Waals surface area (Å²) in [6, 6.07) is 88.2. The van der Waals surface area contributed by atoms with E-state index in [0.29, 0.717) is 0 Å². The molecular weight excluding hydrogens is 873 g/mol. The van der Waals surface area contributed by atoms with Gasteiger partial charge in [-0.2, -0.15) is 0 Å². The zero-order valence-electron chi connectivity index (χ0n) is 38.9. The molecule has 0 radical (unpaired) electrons. The summed E-state index contributed by atoms with van der Waals surface area (Å²) in [6.45, 7) is 0. The Morgan fingerprint density at radius 1 is 0.222 bits per heavy atom.